The minimum atomic E-state index is -3.92. The third-order valence-electron chi connectivity index (χ3n) is 7.30. The van der Waals surface area contributed by atoms with Gasteiger partial charge in [-0.25, -0.2) is 8.42 Å². The number of carbonyl (C=O) groups excluding carboxylic acids is 1. The molecule has 1 N–H and O–H groups in total. The summed E-state index contributed by atoms with van der Waals surface area (Å²) < 4.78 is 35.0. The minimum absolute atomic E-state index is 0.111. The predicted molar refractivity (Wildman–Crippen MR) is 146 cm³/mol. The van der Waals surface area contributed by atoms with Crippen molar-refractivity contribution in [3.8, 4) is 5.75 Å². The molecule has 1 aliphatic carbocycles. The van der Waals surface area contributed by atoms with E-state index in [0.29, 0.717) is 11.4 Å². The number of nitrogens with zero attached hydrogens (tertiary/aromatic N) is 1. The van der Waals surface area contributed by atoms with E-state index < -0.39 is 16.1 Å². The number of hydrogen-bond donors (Lipinski definition) is 1. The summed E-state index contributed by atoms with van der Waals surface area (Å²) in [5.74, 6) is 0.0379. The monoisotopic (exact) mass is 518 g/mol. The fraction of sp³-hybridized carbons (Fsp3) is 0.367. The first kappa shape index (κ1) is 25.3. The molecule has 5 rings (SSSR count). The number of hydrogen-bond acceptors (Lipinski definition) is 4. The Hall–Kier alpha value is -3.32. The van der Waals surface area contributed by atoms with E-state index in [0.717, 1.165) is 30.4 Å². The largest absolute Gasteiger partial charge is 0.476 e. The van der Waals surface area contributed by atoms with Gasteiger partial charge in [0.1, 0.15) is 5.75 Å². The van der Waals surface area contributed by atoms with Crippen LogP contribution in [0.1, 0.15) is 62.4 Å². The number of benzene rings is 3. The van der Waals surface area contributed by atoms with Gasteiger partial charge in [-0.3, -0.25) is 9.10 Å². The highest BCUT2D eigenvalue weighted by molar-refractivity contribution is 7.92. The fourth-order valence-corrected chi connectivity index (χ4v) is 6.54. The molecule has 1 heterocycles. The summed E-state index contributed by atoms with van der Waals surface area (Å²) in [7, 11) is -3.92. The van der Waals surface area contributed by atoms with Gasteiger partial charge in [0.15, 0.2) is 6.10 Å². The molecule has 0 aromatic heterocycles. The number of carbonyl (C=O) groups is 1. The molecule has 7 heteroatoms. The Bertz CT molecular complexity index is 1430. The molecule has 1 aliphatic heterocycles. The van der Waals surface area contributed by atoms with Crippen LogP contribution in [0.4, 0.5) is 5.69 Å². The first-order chi connectivity index (χ1) is 17.5. The Morgan fingerprint density at radius 2 is 1.73 bits per heavy atom. The number of rotatable bonds is 5. The number of ether oxygens (including phenoxy) is 1. The Kier molecular flexibility index (Phi) is 6.52. The maximum Gasteiger partial charge on any atom is 0.264 e. The molecular formula is C30H34N2O4S. The van der Waals surface area contributed by atoms with Crippen LogP contribution < -0.4 is 14.4 Å². The third-order valence-corrected chi connectivity index (χ3v) is 9.09. The number of anilines is 1. The van der Waals surface area contributed by atoms with E-state index in [-0.39, 0.29) is 28.8 Å². The second-order valence-electron chi connectivity index (χ2n) is 11.0. The van der Waals surface area contributed by atoms with E-state index >= 15 is 0 Å². The molecule has 0 unspecified atom stereocenters. The van der Waals surface area contributed by atoms with Gasteiger partial charge in [-0.1, -0.05) is 63.2 Å². The highest BCUT2D eigenvalue weighted by Gasteiger charge is 2.38. The molecule has 37 heavy (non-hydrogen) atoms. The van der Waals surface area contributed by atoms with Gasteiger partial charge >= 0.3 is 0 Å². The van der Waals surface area contributed by atoms with Crippen molar-refractivity contribution in [1.82, 2.24) is 5.32 Å². The zero-order chi connectivity index (χ0) is 26.4. The molecule has 194 valence electrons. The summed E-state index contributed by atoms with van der Waals surface area (Å²) in [5.41, 5.74) is 5.01. The second kappa shape index (κ2) is 9.53. The Morgan fingerprint density at radius 3 is 2.46 bits per heavy atom. The van der Waals surface area contributed by atoms with Crippen molar-refractivity contribution in [1.29, 1.82) is 0 Å². The zero-order valence-electron chi connectivity index (χ0n) is 21.8. The van der Waals surface area contributed by atoms with Crippen molar-refractivity contribution in [3.63, 3.8) is 0 Å². The summed E-state index contributed by atoms with van der Waals surface area (Å²) in [4.78, 5) is 13.6. The SMILES string of the molecule is C[C@H](NC(=O)[C@@H]1CN(S(=O)(=O)c2ccccc2)c2cc(C(C)(C)C)ccc2O1)c1ccc2c(c1)CCC2. The van der Waals surface area contributed by atoms with Gasteiger partial charge in [-0.15, -0.1) is 0 Å². The lowest BCUT2D eigenvalue weighted by Gasteiger charge is -2.36. The normalized spacial score (nSPS) is 17.9. The van der Waals surface area contributed by atoms with Crippen molar-refractivity contribution in [2.75, 3.05) is 10.8 Å². The number of fused-ring (bicyclic) bond motifs is 2. The summed E-state index contributed by atoms with van der Waals surface area (Å²) in [6.45, 7) is 8.06. The van der Waals surface area contributed by atoms with Gasteiger partial charge in [-0.05, 0) is 78.1 Å². The van der Waals surface area contributed by atoms with Gasteiger partial charge in [0.2, 0.25) is 0 Å². The van der Waals surface area contributed by atoms with Crippen molar-refractivity contribution in [2.45, 2.75) is 69.4 Å². The van der Waals surface area contributed by atoms with E-state index in [1.54, 1.807) is 36.4 Å². The maximum atomic E-state index is 13.8. The summed E-state index contributed by atoms with van der Waals surface area (Å²) in [6, 6.07) is 20.0. The minimum Gasteiger partial charge on any atom is -0.476 e. The Labute approximate surface area is 219 Å². The summed E-state index contributed by atoms with van der Waals surface area (Å²) in [6.07, 6.45) is 2.35. The molecule has 3 aromatic carbocycles. The van der Waals surface area contributed by atoms with Gasteiger partial charge in [0.05, 0.1) is 23.2 Å². The zero-order valence-corrected chi connectivity index (χ0v) is 22.6. The van der Waals surface area contributed by atoms with Crippen LogP contribution in [0.15, 0.2) is 71.6 Å². The maximum absolute atomic E-state index is 13.8. The van der Waals surface area contributed by atoms with Crippen molar-refractivity contribution < 1.29 is 17.9 Å². The number of sulfonamides is 1. The molecule has 0 spiro atoms. The molecule has 0 fully saturated rings. The lowest BCUT2D eigenvalue weighted by atomic mass is 9.86. The number of amides is 1. The third kappa shape index (κ3) is 4.97. The predicted octanol–water partition coefficient (Wildman–Crippen LogP) is 5.31. The fourth-order valence-electron chi connectivity index (χ4n) is 5.05. The first-order valence-electron chi connectivity index (χ1n) is 12.8. The van der Waals surface area contributed by atoms with Gasteiger partial charge in [-0.2, -0.15) is 0 Å². The summed E-state index contributed by atoms with van der Waals surface area (Å²) >= 11 is 0. The van der Waals surface area contributed by atoms with Gasteiger partial charge in [0, 0.05) is 0 Å². The molecule has 3 aromatic rings. The van der Waals surface area contributed by atoms with Crippen LogP contribution in [0.2, 0.25) is 0 Å². The second-order valence-corrected chi connectivity index (χ2v) is 12.9. The molecular weight excluding hydrogens is 484 g/mol. The van der Waals surface area contributed by atoms with Crippen LogP contribution in [0.5, 0.6) is 5.75 Å². The highest BCUT2D eigenvalue weighted by atomic mass is 32.2. The molecule has 2 atom stereocenters. The van der Waals surface area contributed by atoms with Crippen LogP contribution in [-0.2, 0) is 33.1 Å². The molecule has 1 amide bonds. The standard InChI is InChI=1S/C30H34N2O4S/c1-20(22-14-13-21-9-8-10-23(21)17-22)31-29(33)28-19-32(37(34,35)25-11-6-5-7-12-25)26-18-24(30(2,3)4)15-16-27(26)36-28/h5-7,11-18,20,28H,8-10,19H2,1-4H3,(H,31,33)/t20-,28-/m0/s1. The number of nitrogens with one attached hydrogen (secondary N) is 1. The Morgan fingerprint density at radius 1 is 1.00 bits per heavy atom. The average Bonchev–Trinajstić information content (AvgIpc) is 3.35. The quantitative estimate of drug-likeness (QED) is 0.497. The van der Waals surface area contributed by atoms with Crippen molar-refractivity contribution in [3.05, 3.63) is 89.0 Å². The number of aryl methyl sites for hydroxylation is 2. The van der Waals surface area contributed by atoms with E-state index in [2.05, 4.69) is 44.3 Å². The van der Waals surface area contributed by atoms with E-state index in [1.165, 1.54) is 15.4 Å². The average molecular weight is 519 g/mol. The van der Waals surface area contributed by atoms with Crippen LogP contribution in [-0.4, -0.2) is 27.0 Å². The van der Waals surface area contributed by atoms with E-state index in [4.69, 9.17) is 4.74 Å². The first-order valence-corrected chi connectivity index (χ1v) is 14.3. The lowest BCUT2D eigenvalue weighted by Crippen LogP contribution is -2.51. The van der Waals surface area contributed by atoms with Crippen LogP contribution in [0.3, 0.4) is 0 Å². The van der Waals surface area contributed by atoms with E-state index in [9.17, 15) is 13.2 Å². The Balaban J connectivity index is 1.45. The van der Waals surface area contributed by atoms with Crippen LogP contribution in [0, 0.1) is 0 Å². The smallest absolute Gasteiger partial charge is 0.264 e. The highest BCUT2D eigenvalue weighted by Crippen LogP contribution is 2.40. The molecule has 0 bridgehead atoms. The van der Waals surface area contributed by atoms with Gasteiger partial charge < -0.3 is 10.1 Å². The van der Waals surface area contributed by atoms with Crippen molar-refractivity contribution >= 4 is 21.6 Å². The molecule has 2 aliphatic rings. The van der Waals surface area contributed by atoms with Crippen LogP contribution in [0.25, 0.3) is 0 Å². The molecule has 0 saturated heterocycles. The lowest BCUT2D eigenvalue weighted by molar-refractivity contribution is -0.128. The van der Waals surface area contributed by atoms with E-state index in [1.807, 2.05) is 19.1 Å². The van der Waals surface area contributed by atoms with Crippen molar-refractivity contribution in [2.24, 2.45) is 0 Å². The molecule has 0 radical (unpaired) electrons. The topological polar surface area (TPSA) is 75.7 Å². The van der Waals surface area contributed by atoms with Gasteiger partial charge in [0.25, 0.3) is 15.9 Å². The molecule has 0 saturated carbocycles. The van der Waals surface area contributed by atoms with Crippen LogP contribution >= 0.6 is 0 Å². The molecule has 6 nitrogen and oxygen atoms in total. The summed E-state index contributed by atoms with van der Waals surface area (Å²) in [5, 5.41) is 3.05.